The summed E-state index contributed by atoms with van der Waals surface area (Å²) in [5.41, 5.74) is 5.81. The molecular weight excluding hydrogens is 290 g/mol. The van der Waals surface area contributed by atoms with Crippen molar-refractivity contribution < 1.29 is 9.59 Å². The lowest BCUT2D eigenvalue weighted by atomic mass is 10.1. The predicted octanol–water partition coefficient (Wildman–Crippen LogP) is 1.000. The van der Waals surface area contributed by atoms with Gasteiger partial charge in [0.05, 0.1) is 5.92 Å². The zero-order chi connectivity index (χ0) is 16.2. The van der Waals surface area contributed by atoms with Crippen LogP contribution >= 0.6 is 11.3 Å². The minimum Gasteiger partial charge on any atom is -0.382 e. The molecular formula is C13H23N5O2S. The molecule has 0 aliphatic carbocycles. The Labute approximate surface area is 128 Å². The summed E-state index contributed by atoms with van der Waals surface area (Å²) in [5.74, 6) is -0.398. The first kappa shape index (κ1) is 17.2. The normalized spacial score (nSPS) is 12.1. The summed E-state index contributed by atoms with van der Waals surface area (Å²) >= 11 is 1.23. The third-order valence-corrected chi connectivity index (χ3v) is 3.84. The molecule has 1 aromatic rings. The fourth-order valence-electron chi connectivity index (χ4n) is 1.79. The lowest BCUT2D eigenvalue weighted by Gasteiger charge is -2.20. The Morgan fingerprint density at radius 1 is 1.38 bits per heavy atom. The molecule has 1 atom stereocenters. The minimum absolute atomic E-state index is 0.103. The van der Waals surface area contributed by atoms with E-state index >= 15 is 0 Å². The quantitative estimate of drug-likeness (QED) is 0.727. The van der Waals surface area contributed by atoms with Crippen molar-refractivity contribution in [3.63, 3.8) is 0 Å². The van der Waals surface area contributed by atoms with Gasteiger partial charge in [-0.3, -0.25) is 9.59 Å². The van der Waals surface area contributed by atoms with Gasteiger partial charge in [-0.1, -0.05) is 18.3 Å². The van der Waals surface area contributed by atoms with Crippen molar-refractivity contribution in [3.8, 4) is 0 Å². The van der Waals surface area contributed by atoms with Crippen LogP contribution in [0.3, 0.4) is 0 Å². The first-order valence-electron chi connectivity index (χ1n) is 6.76. The summed E-state index contributed by atoms with van der Waals surface area (Å²) in [7, 11) is 3.22. The van der Waals surface area contributed by atoms with Gasteiger partial charge in [-0.25, -0.2) is 4.98 Å². The zero-order valence-corrected chi connectivity index (χ0v) is 13.9. The van der Waals surface area contributed by atoms with Crippen LogP contribution in [0.5, 0.6) is 0 Å². The van der Waals surface area contributed by atoms with Crippen LogP contribution in [0.4, 0.5) is 10.9 Å². The maximum Gasteiger partial charge on any atom is 0.267 e. The number of hydrogen-bond acceptors (Lipinski definition) is 6. The molecule has 1 unspecified atom stereocenters. The SMILES string of the molecule is CNC(=O)C(C)CN(C)C(=O)c1sc(NC(C)C)nc1N. The van der Waals surface area contributed by atoms with Crippen molar-refractivity contribution >= 4 is 34.1 Å². The number of thiazole rings is 1. The van der Waals surface area contributed by atoms with Gasteiger partial charge in [0.25, 0.3) is 5.91 Å². The van der Waals surface area contributed by atoms with Gasteiger partial charge in [0, 0.05) is 26.7 Å². The van der Waals surface area contributed by atoms with Gasteiger partial charge >= 0.3 is 0 Å². The molecule has 0 radical (unpaired) electrons. The molecule has 4 N–H and O–H groups in total. The third-order valence-electron chi connectivity index (χ3n) is 2.85. The lowest BCUT2D eigenvalue weighted by molar-refractivity contribution is -0.124. The predicted molar refractivity (Wildman–Crippen MR) is 85.5 cm³/mol. The van der Waals surface area contributed by atoms with Crippen molar-refractivity contribution in [2.24, 2.45) is 5.92 Å². The van der Waals surface area contributed by atoms with Crippen LogP contribution in [-0.2, 0) is 4.79 Å². The molecule has 0 bridgehead atoms. The summed E-state index contributed by atoms with van der Waals surface area (Å²) in [6, 6.07) is 0.213. The van der Waals surface area contributed by atoms with E-state index in [0.717, 1.165) is 0 Å². The maximum absolute atomic E-state index is 12.4. The average Bonchev–Trinajstić information content (AvgIpc) is 2.76. The number of nitrogen functional groups attached to an aromatic ring is 1. The Hall–Kier alpha value is -1.83. The number of aromatic nitrogens is 1. The van der Waals surface area contributed by atoms with Crippen LogP contribution in [0.2, 0.25) is 0 Å². The molecule has 0 aliphatic heterocycles. The number of nitrogens with zero attached hydrogens (tertiary/aromatic N) is 2. The first-order valence-corrected chi connectivity index (χ1v) is 7.57. The third kappa shape index (κ3) is 4.59. The molecule has 0 saturated carbocycles. The van der Waals surface area contributed by atoms with E-state index in [1.54, 1.807) is 21.0 Å². The fourth-order valence-corrected chi connectivity index (χ4v) is 2.82. The zero-order valence-electron chi connectivity index (χ0n) is 13.1. The first-order chi connectivity index (χ1) is 9.76. The van der Waals surface area contributed by atoms with Gasteiger partial charge < -0.3 is 21.3 Å². The standard InChI is InChI=1S/C13H23N5O2S/c1-7(2)16-13-17-10(14)9(21-13)12(20)18(5)6-8(3)11(19)15-4/h7-8H,6,14H2,1-5H3,(H,15,19)(H,16,17). The number of rotatable bonds is 6. The van der Waals surface area contributed by atoms with E-state index < -0.39 is 0 Å². The van der Waals surface area contributed by atoms with Crippen LogP contribution in [-0.4, -0.2) is 48.4 Å². The van der Waals surface area contributed by atoms with Crippen LogP contribution in [0.25, 0.3) is 0 Å². The summed E-state index contributed by atoms with van der Waals surface area (Å²) < 4.78 is 0. The van der Waals surface area contributed by atoms with Gasteiger partial charge in [-0.05, 0) is 13.8 Å². The molecule has 21 heavy (non-hydrogen) atoms. The number of anilines is 2. The van der Waals surface area contributed by atoms with E-state index in [1.165, 1.54) is 16.2 Å². The van der Waals surface area contributed by atoms with Crippen molar-refractivity contribution in [1.29, 1.82) is 0 Å². The van der Waals surface area contributed by atoms with Crippen molar-refractivity contribution in [3.05, 3.63) is 4.88 Å². The molecule has 1 aromatic heterocycles. The highest BCUT2D eigenvalue weighted by atomic mass is 32.1. The fraction of sp³-hybridized carbons (Fsp3) is 0.615. The molecule has 1 heterocycles. The van der Waals surface area contributed by atoms with Gasteiger partial charge in [-0.2, -0.15) is 0 Å². The number of hydrogen-bond donors (Lipinski definition) is 3. The monoisotopic (exact) mass is 313 g/mol. The second-order valence-corrected chi connectivity index (χ2v) is 6.23. The molecule has 8 heteroatoms. The Morgan fingerprint density at radius 2 is 2.00 bits per heavy atom. The number of nitrogens with two attached hydrogens (primary N) is 1. The van der Waals surface area contributed by atoms with Crippen molar-refractivity contribution in [2.75, 3.05) is 31.7 Å². The molecule has 7 nitrogen and oxygen atoms in total. The maximum atomic E-state index is 12.4. The summed E-state index contributed by atoms with van der Waals surface area (Å²) in [5, 5.41) is 6.31. The molecule has 0 spiro atoms. The highest BCUT2D eigenvalue weighted by Crippen LogP contribution is 2.26. The molecule has 0 aromatic carbocycles. The van der Waals surface area contributed by atoms with Crippen molar-refractivity contribution in [2.45, 2.75) is 26.8 Å². The van der Waals surface area contributed by atoms with Crippen LogP contribution < -0.4 is 16.4 Å². The molecule has 0 fully saturated rings. The average molecular weight is 313 g/mol. The summed E-state index contributed by atoms with van der Waals surface area (Å²) in [6.07, 6.45) is 0. The molecule has 1 rings (SSSR count). The Kier molecular flexibility index (Phi) is 5.95. The Balaban J connectivity index is 2.78. The van der Waals surface area contributed by atoms with E-state index in [2.05, 4.69) is 15.6 Å². The van der Waals surface area contributed by atoms with Gasteiger partial charge in [0.15, 0.2) is 5.13 Å². The molecule has 2 amide bonds. The van der Waals surface area contributed by atoms with E-state index in [9.17, 15) is 9.59 Å². The number of carbonyl (C=O) groups is 2. The number of carbonyl (C=O) groups excluding carboxylic acids is 2. The van der Waals surface area contributed by atoms with E-state index in [1.807, 2.05) is 13.8 Å². The largest absolute Gasteiger partial charge is 0.382 e. The van der Waals surface area contributed by atoms with Gasteiger partial charge in [0.2, 0.25) is 5.91 Å². The lowest BCUT2D eigenvalue weighted by Crippen LogP contribution is -2.37. The minimum atomic E-state index is -0.286. The Morgan fingerprint density at radius 3 is 2.52 bits per heavy atom. The highest BCUT2D eigenvalue weighted by molar-refractivity contribution is 7.18. The number of nitrogens with one attached hydrogen (secondary N) is 2. The van der Waals surface area contributed by atoms with Crippen molar-refractivity contribution in [1.82, 2.24) is 15.2 Å². The van der Waals surface area contributed by atoms with Gasteiger partial charge in [-0.15, -0.1) is 0 Å². The number of amides is 2. The second kappa shape index (κ2) is 7.26. The van der Waals surface area contributed by atoms with E-state index in [-0.39, 0.29) is 29.6 Å². The molecule has 0 aliphatic rings. The topological polar surface area (TPSA) is 100 Å². The van der Waals surface area contributed by atoms with Crippen LogP contribution in [0.15, 0.2) is 0 Å². The smallest absolute Gasteiger partial charge is 0.267 e. The van der Waals surface area contributed by atoms with Crippen LogP contribution in [0.1, 0.15) is 30.4 Å². The highest BCUT2D eigenvalue weighted by Gasteiger charge is 2.23. The van der Waals surface area contributed by atoms with E-state index in [0.29, 0.717) is 16.6 Å². The molecule has 0 saturated heterocycles. The Bertz CT molecular complexity index is 515. The summed E-state index contributed by atoms with van der Waals surface area (Å²) in [6.45, 7) is 6.06. The molecule has 118 valence electrons. The van der Waals surface area contributed by atoms with Crippen LogP contribution in [0, 0.1) is 5.92 Å². The summed E-state index contributed by atoms with van der Waals surface area (Å²) in [4.78, 5) is 29.9. The van der Waals surface area contributed by atoms with E-state index in [4.69, 9.17) is 5.73 Å². The van der Waals surface area contributed by atoms with Gasteiger partial charge in [0.1, 0.15) is 10.7 Å². The second-order valence-electron chi connectivity index (χ2n) is 5.23.